The van der Waals surface area contributed by atoms with Gasteiger partial charge in [0.2, 0.25) is 0 Å². The summed E-state index contributed by atoms with van der Waals surface area (Å²) in [4.78, 5) is 19.9. The first-order valence-electron chi connectivity index (χ1n) is 8.73. The van der Waals surface area contributed by atoms with E-state index < -0.39 is 0 Å². The fourth-order valence-corrected chi connectivity index (χ4v) is 4.66. The first-order valence-corrected chi connectivity index (χ1v) is 9.92. The number of hydrogen-bond acceptors (Lipinski definition) is 4. The highest BCUT2D eigenvalue weighted by Gasteiger charge is 2.35. The number of halogens is 2. The summed E-state index contributed by atoms with van der Waals surface area (Å²) in [5.41, 5.74) is 0.722. The lowest BCUT2D eigenvalue weighted by molar-refractivity contribution is -0.113. The van der Waals surface area contributed by atoms with Gasteiger partial charge in [0.05, 0.1) is 21.9 Å². The molecule has 5 rings (SSSR count). The molecule has 0 saturated heterocycles. The van der Waals surface area contributed by atoms with Crippen LogP contribution in [0.5, 0.6) is 0 Å². The van der Waals surface area contributed by atoms with Crippen molar-refractivity contribution in [1.29, 1.82) is 0 Å². The number of thiophene rings is 1. The summed E-state index contributed by atoms with van der Waals surface area (Å²) in [5.74, 6) is 0.201. The minimum absolute atomic E-state index is 0.216. The second kappa shape index (κ2) is 6.99. The zero-order valence-corrected chi connectivity index (χ0v) is 16.4. The van der Waals surface area contributed by atoms with Crippen LogP contribution in [0.4, 0.5) is 10.1 Å². The van der Waals surface area contributed by atoms with Crippen molar-refractivity contribution in [3.8, 4) is 0 Å². The number of rotatable bonds is 3. The molecule has 3 heterocycles. The molecule has 2 aromatic heterocycles. The van der Waals surface area contributed by atoms with Gasteiger partial charge in [0.25, 0.3) is 5.91 Å². The lowest BCUT2D eigenvalue weighted by atomic mass is 10.2. The van der Waals surface area contributed by atoms with Crippen LogP contribution in [0.15, 0.2) is 82.0 Å². The molecular formula is C22H12ClFN2O2S. The molecule has 4 aromatic rings. The van der Waals surface area contributed by atoms with Crippen LogP contribution in [0.3, 0.4) is 0 Å². The second-order valence-electron chi connectivity index (χ2n) is 6.34. The number of fused-ring (bicyclic) bond motifs is 1. The van der Waals surface area contributed by atoms with E-state index in [9.17, 15) is 9.18 Å². The summed E-state index contributed by atoms with van der Waals surface area (Å²) in [6.45, 7) is 0. The first-order chi connectivity index (χ1) is 14.1. The maximum absolute atomic E-state index is 13.4. The highest BCUT2D eigenvalue weighted by Crippen LogP contribution is 2.39. The molecule has 29 heavy (non-hydrogen) atoms. The largest absolute Gasteiger partial charge is 0.465 e. The van der Waals surface area contributed by atoms with Gasteiger partial charge in [0, 0.05) is 16.2 Å². The molecular weight excluding hydrogens is 411 g/mol. The van der Waals surface area contributed by atoms with Crippen LogP contribution in [0.1, 0.15) is 10.6 Å². The van der Waals surface area contributed by atoms with Crippen molar-refractivity contribution in [1.82, 2.24) is 0 Å². The Morgan fingerprint density at radius 3 is 2.59 bits per heavy atom. The highest BCUT2D eigenvalue weighted by molar-refractivity contribution is 7.21. The van der Waals surface area contributed by atoms with Crippen LogP contribution < -0.4 is 4.90 Å². The minimum atomic E-state index is -0.384. The topological polar surface area (TPSA) is 45.8 Å². The summed E-state index contributed by atoms with van der Waals surface area (Å²) >= 11 is 8.10. The summed E-state index contributed by atoms with van der Waals surface area (Å²) < 4.78 is 19.8. The number of aliphatic imine (C=N–C) groups is 1. The van der Waals surface area contributed by atoms with Gasteiger partial charge < -0.3 is 4.42 Å². The number of furan rings is 1. The van der Waals surface area contributed by atoms with Crippen molar-refractivity contribution in [2.45, 2.75) is 0 Å². The molecule has 0 saturated carbocycles. The fraction of sp³-hybridized carbons (Fsp3) is 0. The third-order valence-corrected chi connectivity index (χ3v) is 6.18. The molecule has 1 aliphatic rings. The zero-order valence-electron chi connectivity index (χ0n) is 14.8. The van der Waals surface area contributed by atoms with E-state index in [2.05, 4.69) is 4.99 Å². The van der Waals surface area contributed by atoms with Gasteiger partial charge in [-0.2, -0.15) is 0 Å². The van der Waals surface area contributed by atoms with Crippen molar-refractivity contribution in [3.63, 3.8) is 0 Å². The minimum Gasteiger partial charge on any atom is -0.465 e. The van der Waals surface area contributed by atoms with Crippen LogP contribution in [-0.2, 0) is 4.79 Å². The van der Waals surface area contributed by atoms with Gasteiger partial charge in [-0.3, -0.25) is 9.69 Å². The molecule has 1 aliphatic heterocycles. The smallest absolute Gasteiger partial charge is 0.282 e. The molecule has 2 aromatic carbocycles. The summed E-state index contributed by atoms with van der Waals surface area (Å²) in [7, 11) is 0. The van der Waals surface area contributed by atoms with E-state index in [1.165, 1.54) is 34.6 Å². The van der Waals surface area contributed by atoms with Gasteiger partial charge in [-0.25, -0.2) is 9.38 Å². The normalized spacial score (nSPS) is 15.5. The maximum Gasteiger partial charge on any atom is 0.282 e. The molecule has 0 unspecified atom stereocenters. The van der Waals surface area contributed by atoms with E-state index in [0.717, 1.165) is 10.1 Å². The van der Waals surface area contributed by atoms with Crippen molar-refractivity contribution in [2.75, 3.05) is 4.90 Å². The van der Waals surface area contributed by atoms with E-state index >= 15 is 0 Å². The molecule has 1 amide bonds. The Bertz CT molecular complexity index is 1290. The first kappa shape index (κ1) is 17.8. The van der Waals surface area contributed by atoms with Gasteiger partial charge in [0.1, 0.15) is 17.3 Å². The van der Waals surface area contributed by atoms with Crippen LogP contribution in [0.2, 0.25) is 5.02 Å². The number of carbonyl (C=O) groups is 1. The van der Waals surface area contributed by atoms with Gasteiger partial charge in [-0.1, -0.05) is 29.8 Å². The Hall–Kier alpha value is -3.22. The van der Waals surface area contributed by atoms with E-state index in [1.54, 1.807) is 30.3 Å². The van der Waals surface area contributed by atoms with Crippen LogP contribution in [-0.4, -0.2) is 11.7 Å². The Morgan fingerprint density at radius 1 is 1.07 bits per heavy atom. The predicted octanol–water partition coefficient (Wildman–Crippen LogP) is 6.12. The number of hydrogen-bond donors (Lipinski definition) is 0. The number of benzene rings is 2. The molecule has 0 atom stereocenters. The Kier molecular flexibility index (Phi) is 4.30. The van der Waals surface area contributed by atoms with E-state index in [4.69, 9.17) is 16.0 Å². The lowest BCUT2D eigenvalue weighted by Gasteiger charge is -2.17. The summed E-state index contributed by atoms with van der Waals surface area (Å²) in [6.07, 6.45) is 3.10. The van der Waals surface area contributed by atoms with Gasteiger partial charge in [-0.05, 0) is 42.5 Å². The molecule has 0 radical (unpaired) electrons. The Labute approximate surface area is 174 Å². The number of nitrogens with zero attached hydrogens (tertiary/aromatic N) is 2. The lowest BCUT2D eigenvalue weighted by Crippen LogP contribution is -2.32. The molecule has 0 aliphatic carbocycles. The van der Waals surface area contributed by atoms with Gasteiger partial charge in [-0.15, -0.1) is 11.3 Å². The SMILES string of the molecule is O=C1/C(=C\c2ccco2)N=C(c2sc3ccccc3c2Cl)N1c1ccc(F)cc1. The molecule has 7 heteroatoms. The van der Waals surface area contributed by atoms with Gasteiger partial charge >= 0.3 is 0 Å². The van der Waals surface area contributed by atoms with E-state index in [1.807, 2.05) is 24.3 Å². The number of anilines is 1. The zero-order chi connectivity index (χ0) is 20.0. The summed E-state index contributed by atoms with van der Waals surface area (Å²) in [6, 6.07) is 16.9. The molecule has 0 N–H and O–H groups in total. The van der Waals surface area contributed by atoms with Gasteiger partial charge in [0.15, 0.2) is 5.84 Å². The van der Waals surface area contributed by atoms with Crippen molar-refractivity contribution in [2.24, 2.45) is 4.99 Å². The molecule has 0 fully saturated rings. The number of amides is 1. The number of carbonyl (C=O) groups excluding carboxylic acids is 1. The molecule has 0 bridgehead atoms. The third-order valence-electron chi connectivity index (χ3n) is 4.51. The fourth-order valence-electron chi connectivity index (χ4n) is 3.16. The summed E-state index contributed by atoms with van der Waals surface area (Å²) in [5, 5.41) is 1.43. The number of amidine groups is 1. The Morgan fingerprint density at radius 2 is 1.86 bits per heavy atom. The predicted molar refractivity (Wildman–Crippen MR) is 114 cm³/mol. The quantitative estimate of drug-likeness (QED) is 0.373. The van der Waals surface area contributed by atoms with Crippen molar-refractivity contribution >= 4 is 56.5 Å². The molecule has 142 valence electrons. The molecule has 0 spiro atoms. The van der Waals surface area contributed by atoms with Crippen molar-refractivity contribution < 1.29 is 13.6 Å². The second-order valence-corrected chi connectivity index (χ2v) is 7.77. The average Bonchev–Trinajstić information content (AvgIpc) is 3.43. The third kappa shape index (κ3) is 3.06. The van der Waals surface area contributed by atoms with E-state index in [-0.39, 0.29) is 17.4 Å². The van der Waals surface area contributed by atoms with Crippen LogP contribution in [0.25, 0.3) is 16.2 Å². The van der Waals surface area contributed by atoms with Crippen LogP contribution >= 0.6 is 22.9 Å². The van der Waals surface area contributed by atoms with Crippen LogP contribution in [0, 0.1) is 5.82 Å². The highest BCUT2D eigenvalue weighted by atomic mass is 35.5. The maximum atomic E-state index is 13.4. The average molecular weight is 423 g/mol. The van der Waals surface area contributed by atoms with Crippen molar-refractivity contribution in [3.05, 3.63) is 94.1 Å². The van der Waals surface area contributed by atoms with E-state index in [0.29, 0.717) is 27.2 Å². The standard InChI is InChI=1S/C22H12ClFN2O2S/c23-19-16-5-1-2-6-18(16)29-20(19)21-25-17(12-15-4-3-11-28-15)22(27)26(21)14-9-7-13(24)8-10-14/h1-12H/b17-12+. The Balaban J connectivity index is 1.70. The monoisotopic (exact) mass is 422 g/mol. The molecule has 4 nitrogen and oxygen atoms in total.